The highest BCUT2D eigenvalue weighted by Gasteiger charge is 2.29. The number of imidazole rings is 1. The minimum atomic E-state index is -3.47. The summed E-state index contributed by atoms with van der Waals surface area (Å²) in [7, 11) is -3.47. The van der Waals surface area contributed by atoms with Crippen LogP contribution in [0.4, 0.5) is 0 Å². The molecule has 1 fully saturated rings. The van der Waals surface area contributed by atoms with Crippen LogP contribution >= 0.6 is 12.2 Å². The van der Waals surface area contributed by atoms with Gasteiger partial charge in [-0.2, -0.15) is 4.31 Å². The SMILES string of the molecule is O=C(NCC1CCN(S(=O)(=O)c2ccccc2)CC1)c1c[nH]c(=S)n1-c1ccccc1. The zero-order valence-corrected chi connectivity index (χ0v) is 18.5. The van der Waals surface area contributed by atoms with Gasteiger partial charge in [-0.25, -0.2) is 8.42 Å². The number of nitrogens with one attached hydrogen (secondary N) is 2. The van der Waals surface area contributed by atoms with Crippen molar-refractivity contribution in [2.45, 2.75) is 17.7 Å². The van der Waals surface area contributed by atoms with Crippen molar-refractivity contribution < 1.29 is 13.2 Å². The molecule has 2 aromatic carbocycles. The number of hydrogen-bond acceptors (Lipinski definition) is 4. The molecule has 1 aliphatic heterocycles. The molecule has 0 saturated carbocycles. The fourth-order valence-corrected chi connectivity index (χ4v) is 5.55. The highest BCUT2D eigenvalue weighted by atomic mass is 32.2. The Kier molecular flexibility index (Phi) is 6.35. The molecule has 31 heavy (non-hydrogen) atoms. The van der Waals surface area contributed by atoms with Gasteiger partial charge >= 0.3 is 0 Å². The summed E-state index contributed by atoms with van der Waals surface area (Å²) < 4.78 is 29.2. The average molecular weight is 457 g/mol. The molecule has 0 aliphatic carbocycles. The molecule has 1 amide bonds. The third-order valence-electron chi connectivity index (χ3n) is 5.53. The molecule has 7 nitrogen and oxygen atoms in total. The maximum absolute atomic E-state index is 12.8. The number of para-hydroxylation sites is 1. The van der Waals surface area contributed by atoms with Gasteiger partial charge < -0.3 is 10.3 Å². The van der Waals surface area contributed by atoms with Crippen LogP contribution in [0.2, 0.25) is 0 Å². The Morgan fingerprint density at radius 1 is 1.03 bits per heavy atom. The Hall–Kier alpha value is -2.75. The quantitative estimate of drug-likeness (QED) is 0.557. The highest BCUT2D eigenvalue weighted by molar-refractivity contribution is 7.89. The lowest BCUT2D eigenvalue weighted by molar-refractivity contribution is 0.0934. The van der Waals surface area contributed by atoms with Gasteiger partial charge in [0.25, 0.3) is 5.91 Å². The Labute approximate surface area is 186 Å². The summed E-state index contributed by atoms with van der Waals surface area (Å²) in [5, 5.41) is 2.98. The third-order valence-corrected chi connectivity index (χ3v) is 7.74. The number of carbonyl (C=O) groups excluding carboxylic acids is 1. The second-order valence-electron chi connectivity index (χ2n) is 7.52. The van der Waals surface area contributed by atoms with Crippen LogP contribution in [0.1, 0.15) is 23.3 Å². The molecule has 0 radical (unpaired) electrons. The minimum absolute atomic E-state index is 0.212. The molecular weight excluding hydrogens is 432 g/mol. The summed E-state index contributed by atoms with van der Waals surface area (Å²) in [5.74, 6) is 0.00815. The zero-order chi connectivity index (χ0) is 21.8. The van der Waals surface area contributed by atoms with E-state index in [2.05, 4.69) is 10.3 Å². The highest BCUT2D eigenvalue weighted by Crippen LogP contribution is 2.23. The first-order valence-corrected chi connectivity index (χ1v) is 12.0. The minimum Gasteiger partial charge on any atom is -0.350 e. The van der Waals surface area contributed by atoms with Gasteiger partial charge in [-0.1, -0.05) is 36.4 Å². The van der Waals surface area contributed by atoms with Crippen molar-refractivity contribution >= 4 is 28.1 Å². The molecule has 1 aliphatic rings. The Bertz CT molecular complexity index is 1200. The second-order valence-corrected chi connectivity index (χ2v) is 9.85. The number of sulfonamides is 1. The van der Waals surface area contributed by atoms with Crippen LogP contribution in [0.25, 0.3) is 5.69 Å². The van der Waals surface area contributed by atoms with Crippen molar-refractivity contribution in [1.82, 2.24) is 19.2 Å². The molecule has 162 valence electrons. The van der Waals surface area contributed by atoms with Crippen molar-refractivity contribution in [1.29, 1.82) is 0 Å². The van der Waals surface area contributed by atoms with E-state index in [0.717, 1.165) is 5.69 Å². The van der Waals surface area contributed by atoms with E-state index in [9.17, 15) is 13.2 Å². The van der Waals surface area contributed by atoms with Gasteiger partial charge in [-0.3, -0.25) is 9.36 Å². The van der Waals surface area contributed by atoms with Gasteiger partial charge in [0.1, 0.15) is 5.69 Å². The molecule has 3 aromatic rings. The van der Waals surface area contributed by atoms with Crippen LogP contribution in [0, 0.1) is 10.7 Å². The topological polar surface area (TPSA) is 87.2 Å². The Morgan fingerprint density at radius 3 is 2.29 bits per heavy atom. The predicted octanol–water partition coefficient (Wildman–Crippen LogP) is 3.37. The van der Waals surface area contributed by atoms with E-state index in [1.54, 1.807) is 41.1 Å². The van der Waals surface area contributed by atoms with Gasteiger partial charge in [0, 0.05) is 31.5 Å². The number of benzene rings is 2. The number of carbonyl (C=O) groups is 1. The molecular formula is C22H24N4O3S2. The summed E-state index contributed by atoms with van der Waals surface area (Å²) in [6.45, 7) is 1.38. The molecule has 0 spiro atoms. The van der Waals surface area contributed by atoms with Gasteiger partial charge in [0.15, 0.2) is 4.77 Å². The number of hydrogen-bond donors (Lipinski definition) is 2. The molecule has 4 rings (SSSR count). The van der Waals surface area contributed by atoms with Crippen LogP contribution in [-0.2, 0) is 10.0 Å². The number of amides is 1. The normalized spacial score (nSPS) is 15.6. The lowest BCUT2D eigenvalue weighted by atomic mass is 9.98. The maximum Gasteiger partial charge on any atom is 0.269 e. The molecule has 9 heteroatoms. The van der Waals surface area contributed by atoms with E-state index in [4.69, 9.17) is 12.2 Å². The summed E-state index contributed by atoms with van der Waals surface area (Å²) in [6, 6.07) is 18.0. The van der Waals surface area contributed by atoms with Gasteiger partial charge in [0.05, 0.1) is 4.90 Å². The first-order valence-electron chi connectivity index (χ1n) is 10.2. The van der Waals surface area contributed by atoms with Crippen molar-refractivity contribution in [3.8, 4) is 5.69 Å². The Morgan fingerprint density at radius 2 is 1.65 bits per heavy atom. The summed E-state index contributed by atoms with van der Waals surface area (Å²) >= 11 is 5.34. The number of H-pyrrole nitrogens is 1. The smallest absolute Gasteiger partial charge is 0.269 e. The van der Waals surface area contributed by atoms with Crippen LogP contribution in [0.3, 0.4) is 0 Å². The maximum atomic E-state index is 12.8. The van der Waals surface area contributed by atoms with Crippen LogP contribution in [-0.4, -0.2) is 47.8 Å². The van der Waals surface area contributed by atoms with Crippen molar-refractivity contribution in [3.63, 3.8) is 0 Å². The van der Waals surface area contributed by atoms with Crippen LogP contribution in [0.5, 0.6) is 0 Å². The summed E-state index contributed by atoms with van der Waals surface area (Å²) in [5.41, 5.74) is 1.26. The van der Waals surface area contributed by atoms with E-state index in [1.807, 2.05) is 30.3 Å². The number of aromatic nitrogens is 2. The van der Waals surface area contributed by atoms with Gasteiger partial charge in [0.2, 0.25) is 10.0 Å². The number of piperidine rings is 1. The average Bonchev–Trinajstić information content (AvgIpc) is 3.20. The standard InChI is InChI=1S/C22H24N4O3S2/c27-21(20-16-24-22(30)26(20)18-7-3-1-4-8-18)23-15-17-11-13-25(14-12-17)31(28,29)19-9-5-2-6-10-19/h1-10,16-17H,11-15H2,(H,23,27)(H,24,30). The lowest BCUT2D eigenvalue weighted by Crippen LogP contribution is -2.41. The molecule has 0 atom stereocenters. The second kappa shape index (κ2) is 9.17. The van der Waals surface area contributed by atoms with E-state index in [0.29, 0.717) is 47.8 Å². The van der Waals surface area contributed by atoms with Crippen LogP contribution < -0.4 is 5.32 Å². The fraction of sp³-hybridized carbons (Fsp3) is 0.273. The van der Waals surface area contributed by atoms with E-state index in [1.165, 1.54) is 4.31 Å². The van der Waals surface area contributed by atoms with Crippen molar-refractivity contribution in [2.24, 2.45) is 5.92 Å². The molecule has 1 saturated heterocycles. The monoisotopic (exact) mass is 456 g/mol. The number of rotatable bonds is 6. The van der Waals surface area contributed by atoms with Crippen molar-refractivity contribution in [2.75, 3.05) is 19.6 Å². The summed E-state index contributed by atoms with van der Waals surface area (Å²) in [6.07, 6.45) is 3.01. The van der Waals surface area contributed by atoms with Crippen LogP contribution in [0.15, 0.2) is 71.8 Å². The molecule has 0 unspecified atom stereocenters. The molecule has 0 bridgehead atoms. The Balaban J connectivity index is 1.36. The molecule has 1 aromatic heterocycles. The van der Waals surface area contributed by atoms with Gasteiger partial charge in [-0.05, 0) is 55.2 Å². The summed E-state index contributed by atoms with van der Waals surface area (Å²) in [4.78, 5) is 16.1. The third kappa shape index (κ3) is 4.63. The van der Waals surface area contributed by atoms with E-state index < -0.39 is 10.0 Å². The molecule has 2 heterocycles. The van der Waals surface area contributed by atoms with E-state index in [-0.39, 0.29) is 11.8 Å². The number of nitrogens with zero attached hydrogens (tertiary/aromatic N) is 2. The van der Waals surface area contributed by atoms with Gasteiger partial charge in [-0.15, -0.1) is 0 Å². The van der Waals surface area contributed by atoms with Crippen molar-refractivity contribution in [3.05, 3.63) is 77.3 Å². The zero-order valence-electron chi connectivity index (χ0n) is 16.9. The van der Waals surface area contributed by atoms with E-state index >= 15 is 0 Å². The fourth-order valence-electron chi connectivity index (χ4n) is 3.79. The first kappa shape index (κ1) is 21.5. The molecule has 2 N–H and O–H groups in total. The predicted molar refractivity (Wildman–Crippen MR) is 121 cm³/mol. The largest absolute Gasteiger partial charge is 0.350 e. The number of aromatic amines is 1. The lowest BCUT2D eigenvalue weighted by Gasteiger charge is -2.31. The first-order chi connectivity index (χ1) is 15.0.